The molecule has 4 rings (SSSR count). The first kappa shape index (κ1) is 21.1. The molecule has 0 spiro atoms. The van der Waals surface area contributed by atoms with Gasteiger partial charge in [0.1, 0.15) is 24.2 Å². The predicted molar refractivity (Wildman–Crippen MR) is 106 cm³/mol. The maximum Gasteiger partial charge on any atom is 0.322 e. The predicted octanol–water partition coefficient (Wildman–Crippen LogP) is 1.87. The number of urea groups is 1. The van der Waals surface area contributed by atoms with E-state index in [0.29, 0.717) is 35.6 Å². The van der Waals surface area contributed by atoms with Crippen LogP contribution in [0.1, 0.15) is 28.7 Å². The lowest BCUT2D eigenvalue weighted by atomic mass is 10.1. The molecule has 3 amide bonds. The van der Waals surface area contributed by atoms with Crippen molar-refractivity contribution in [3.63, 3.8) is 0 Å². The molecule has 0 saturated carbocycles. The maximum atomic E-state index is 13.3. The number of aromatic nitrogens is 2. The van der Waals surface area contributed by atoms with Crippen LogP contribution in [0.5, 0.6) is 0 Å². The number of benzene rings is 1. The third-order valence-corrected chi connectivity index (χ3v) is 5.23. The standard InChI is InChI=1S/C19H19ClFN5O5/c1-10(27)30-9-12-7-26-17(18(28)24-31-12)13-8-25(5-4-16(13)23-26)19(29)22-11-2-3-15(21)14(20)6-11/h2-3,6,12H,4-5,7-9H2,1H3,(H,22,29)(H,24,28). The number of anilines is 1. The van der Waals surface area contributed by atoms with Crippen LogP contribution in [0.3, 0.4) is 0 Å². The van der Waals surface area contributed by atoms with E-state index in [4.69, 9.17) is 21.2 Å². The number of halogens is 2. The zero-order valence-corrected chi connectivity index (χ0v) is 17.2. The van der Waals surface area contributed by atoms with Crippen LogP contribution in [0.15, 0.2) is 18.2 Å². The molecule has 10 nitrogen and oxygen atoms in total. The molecule has 2 aromatic rings. The van der Waals surface area contributed by atoms with E-state index >= 15 is 0 Å². The lowest BCUT2D eigenvalue weighted by Gasteiger charge is -2.27. The highest BCUT2D eigenvalue weighted by Gasteiger charge is 2.33. The summed E-state index contributed by atoms with van der Waals surface area (Å²) in [6.07, 6.45) is -0.145. The van der Waals surface area contributed by atoms with Crippen LogP contribution in [0.25, 0.3) is 0 Å². The number of rotatable bonds is 3. The number of nitrogens with one attached hydrogen (secondary N) is 2. The third kappa shape index (κ3) is 4.47. The topological polar surface area (TPSA) is 115 Å². The van der Waals surface area contributed by atoms with Crippen molar-refractivity contribution in [2.45, 2.75) is 32.5 Å². The number of nitrogens with zero attached hydrogens (tertiary/aromatic N) is 3. The molecule has 2 N–H and O–H groups in total. The van der Waals surface area contributed by atoms with E-state index < -0.39 is 29.8 Å². The normalized spacial score (nSPS) is 17.8. The summed E-state index contributed by atoms with van der Waals surface area (Å²) in [7, 11) is 0. The third-order valence-electron chi connectivity index (χ3n) is 4.94. The van der Waals surface area contributed by atoms with Gasteiger partial charge in [0.05, 0.1) is 23.8 Å². The highest BCUT2D eigenvalue weighted by Crippen LogP contribution is 2.25. The Morgan fingerprint density at radius 2 is 2.26 bits per heavy atom. The number of hydrogen-bond donors (Lipinski definition) is 2. The zero-order chi connectivity index (χ0) is 22.1. The van der Waals surface area contributed by atoms with E-state index in [2.05, 4.69) is 15.9 Å². The Morgan fingerprint density at radius 1 is 1.45 bits per heavy atom. The summed E-state index contributed by atoms with van der Waals surface area (Å²) < 4.78 is 19.8. The van der Waals surface area contributed by atoms with Gasteiger partial charge in [-0.1, -0.05) is 11.6 Å². The Bertz CT molecular complexity index is 1060. The SMILES string of the molecule is CC(=O)OCC1Cn2nc3c(c2C(=O)NO1)CN(C(=O)Nc1ccc(F)c(Cl)c1)CC3. The molecular weight excluding hydrogens is 433 g/mol. The van der Waals surface area contributed by atoms with E-state index in [-0.39, 0.29) is 24.7 Å². The van der Waals surface area contributed by atoms with Crippen molar-refractivity contribution in [3.8, 4) is 0 Å². The molecule has 0 bridgehead atoms. The minimum absolute atomic E-state index is 0.0334. The van der Waals surface area contributed by atoms with E-state index in [1.807, 2.05) is 0 Å². The Balaban J connectivity index is 1.50. The van der Waals surface area contributed by atoms with Gasteiger partial charge in [-0.25, -0.2) is 14.7 Å². The molecule has 0 aliphatic carbocycles. The van der Waals surface area contributed by atoms with Crippen molar-refractivity contribution < 1.29 is 28.3 Å². The van der Waals surface area contributed by atoms with Gasteiger partial charge in [0.25, 0.3) is 5.91 Å². The Kier molecular flexibility index (Phi) is 5.79. The lowest BCUT2D eigenvalue weighted by molar-refractivity contribution is -0.147. The Labute approximate surface area is 181 Å². The number of carbonyl (C=O) groups is 3. The molecule has 0 saturated heterocycles. The summed E-state index contributed by atoms with van der Waals surface area (Å²) in [6.45, 7) is 2.00. The number of ether oxygens (including phenoxy) is 1. The molecule has 1 atom stereocenters. The number of fused-ring (bicyclic) bond motifs is 3. The fourth-order valence-electron chi connectivity index (χ4n) is 3.47. The first-order valence-electron chi connectivity index (χ1n) is 9.50. The van der Waals surface area contributed by atoms with Crippen LogP contribution in [0, 0.1) is 5.82 Å². The highest BCUT2D eigenvalue weighted by molar-refractivity contribution is 6.31. The number of carbonyl (C=O) groups excluding carboxylic acids is 3. The van der Waals surface area contributed by atoms with Gasteiger partial charge in [-0.05, 0) is 18.2 Å². The van der Waals surface area contributed by atoms with Gasteiger partial charge in [0, 0.05) is 31.1 Å². The molecule has 0 radical (unpaired) electrons. The monoisotopic (exact) mass is 451 g/mol. The molecule has 1 aromatic heterocycles. The average molecular weight is 452 g/mol. The molecule has 3 heterocycles. The van der Waals surface area contributed by atoms with Gasteiger partial charge in [0.2, 0.25) is 0 Å². The summed E-state index contributed by atoms with van der Waals surface area (Å²) in [5.74, 6) is -1.53. The molecule has 2 aliphatic heterocycles. The summed E-state index contributed by atoms with van der Waals surface area (Å²) in [5, 5.41) is 7.08. The van der Waals surface area contributed by atoms with E-state index in [1.54, 1.807) is 0 Å². The van der Waals surface area contributed by atoms with Gasteiger partial charge in [-0.3, -0.25) is 19.1 Å². The van der Waals surface area contributed by atoms with Crippen LogP contribution >= 0.6 is 11.6 Å². The summed E-state index contributed by atoms with van der Waals surface area (Å²) in [5.41, 5.74) is 4.33. The van der Waals surface area contributed by atoms with Gasteiger partial charge in [-0.2, -0.15) is 5.10 Å². The Hall–Kier alpha value is -3.18. The minimum atomic E-state index is -0.599. The number of esters is 1. The highest BCUT2D eigenvalue weighted by atomic mass is 35.5. The summed E-state index contributed by atoms with van der Waals surface area (Å²) in [4.78, 5) is 43.2. The second-order valence-corrected chi connectivity index (χ2v) is 7.57. The molecule has 0 fully saturated rings. The molecule has 164 valence electrons. The zero-order valence-electron chi connectivity index (χ0n) is 16.5. The van der Waals surface area contributed by atoms with Crippen molar-refractivity contribution in [3.05, 3.63) is 46.0 Å². The van der Waals surface area contributed by atoms with E-state index in [1.165, 1.54) is 34.7 Å². The van der Waals surface area contributed by atoms with E-state index in [9.17, 15) is 18.8 Å². The lowest BCUT2D eigenvalue weighted by Crippen LogP contribution is -2.39. The Morgan fingerprint density at radius 3 is 3.00 bits per heavy atom. The first-order valence-corrected chi connectivity index (χ1v) is 9.88. The van der Waals surface area contributed by atoms with Gasteiger partial charge in [-0.15, -0.1) is 0 Å². The van der Waals surface area contributed by atoms with Crippen molar-refractivity contribution in [1.29, 1.82) is 0 Å². The molecule has 12 heteroatoms. The summed E-state index contributed by atoms with van der Waals surface area (Å²) in [6, 6.07) is 3.49. The average Bonchev–Trinajstić information content (AvgIpc) is 3.01. The number of hydrogen-bond acceptors (Lipinski definition) is 6. The van der Waals surface area contributed by atoms with Crippen LogP contribution in [0.4, 0.5) is 14.9 Å². The van der Waals surface area contributed by atoms with Gasteiger partial charge >= 0.3 is 12.0 Å². The van der Waals surface area contributed by atoms with Crippen LogP contribution < -0.4 is 10.8 Å². The summed E-state index contributed by atoms with van der Waals surface area (Å²) >= 11 is 5.76. The fraction of sp³-hybridized carbons (Fsp3) is 0.368. The van der Waals surface area contributed by atoms with E-state index in [0.717, 1.165) is 0 Å². The quantitative estimate of drug-likeness (QED) is 0.688. The molecule has 1 aromatic carbocycles. The minimum Gasteiger partial charge on any atom is -0.463 e. The van der Waals surface area contributed by atoms with Gasteiger partial charge in [0.15, 0.2) is 0 Å². The van der Waals surface area contributed by atoms with Crippen molar-refractivity contribution in [2.24, 2.45) is 0 Å². The largest absolute Gasteiger partial charge is 0.463 e. The van der Waals surface area contributed by atoms with Crippen molar-refractivity contribution in [2.75, 3.05) is 18.5 Å². The molecular formula is C19H19ClFN5O5. The van der Waals surface area contributed by atoms with Crippen LogP contribution in [-0.2, 0) is 33.9 Å². The van der Waals surface area contributed by atoms with Crippen LogP contribution in [-0.4, -0.2) is 51.8 Å². The number of hydroxylamine groups is 1. The first-order chi connectivity index (χ1) is 14.8. The molecule has 31 heavy (non-hydrogen) atoms. The fourth-order valence-corrected chi connectivity index (χ4v) is 3.66. The molecule has 2 aliphatic rings. The maximum absolute atomic E-state index is 13.3. The second-order valence-electron chi connectivity index (χ2n) is 7.16. The smallest absolute Gasteiger partial charge is 0.322 e. The second kappa shape index (κ2) is 8.52. The number of amides is 3. The molecule has 1 unspecified atom stereocenters. The van der Waals surface area contributed by atoms with Crippen molar-refractivity contribution >= 4 is 35.2 Å². The van der Waals surface area contributed by atoms with Gasteiger partial charge < -0.3 is 15.0 Å². The van der Waals surface area contributed by atoms with Crippen molar-refractivity contribution in [1.82, 2.24) is 20.2 Å². The van der Waals surface area contributed by atoms with Crippen LogP contribution in [0.2, 0.25) is 5.02 Å².